The number of azo groups is 2. The Balaban J connectivity index is 0.00000312. The van der Waals surface area contributed by atoms with E-state index in [1.165, 1.54) is 31.2 Å². The molecule has 2 heterocycles. The molecule has 2 aromatic heterocycles. The average Bonchev–Trinajstić information content (AvgIpc) is 3.71. The van der Waals surface area contributed by atoms with Crippen molar-refractivity contribution in [1.29, 1.82) is 5.26 Å². The normalized spacial score (nSPS) is 12.2. The molecule has 8 aromatic rings. The van der Waals surface area contributed by atoms with Crippen LogP contribution in [0.3, 0.4) is 0 Å². The van der Waals surface area contributed by atoms with Crippen LogP contribution in [-0.2, 0) is 50.6 Å². The van der Waals surface area contributed by atoms with E-state index in [2.05, 4.69) is 40.7 Å². The van der Waals surface area contributed by atoms with Gasteiger partial charge in [0.2, 0.25) is 5.13 Å². The number of H-pyrrole nitrogens is 1. The Kier molecular flexibility index (Phi) is 22.3. The van der Waals surface area contributed by atoms with Gasteiger partial charge in [-0.25, -0.2) is 52.1 Å². The summed E-state index contributed by atoms with van der Waals surface area (Å²) in [5, 5.41) is 29.9. The SMILES string of the molecule is Cc1c(C#N)c(Nc2ccc(S(=O)(=O)[O-])cc2)[nH]c(=Nc2ccc(S(=O)(=O)[O-])cc2)c1N=Nc1nc(-c2ccc3ccccc3c2)c(N=Nc2cc(S(=O)(=O)[O-])c3cc(S(=O)(=O)[O-])cc(S(=O)(=O)[O-])c3c2)s1.[Li+].[Li+].[Li+].[Li+].[Li+]. The zero-order valence-corrected chi connectivity index (χ0v) is 45.6. The Morgan fingerprint density at radius 3 is 1.68 bits per heavy atom. The molecule has 0 amide bonds. The van der Waals surface area contributed by atoms with E-state index in [9.17, 15) is 70.1 Å². The van der Waals surface area contributed by atoms with Crippen molar-refractivity contribution >= 4 is 122 Å². The summed E-state index contributed by atoms with van der Waals surface area (Å²) in [6, 6.07) is 25.5. The van der Waals surface area contributed by atoms with Gasteiger partial charge in [-0.15, -0.1) is 20.5 Å². The molecule has 0 aliphatic heterocycles. The quantitative estimate of drug-likeness (QED) is 0.0615. The Morgan fingerprint density at radius 1 is 0.571 bits per heavy atom. The topological polar surface area (TPSA) is 412 Å². The van der Waals surface area contributed by atoms with Gasteiger partial charge < -0.3 is 33.1 Å². The third-order valence-electron chi connectivity index (χ3n) is 10.2. The van der Waals surface area contributed by atoms with Crippen LogP contribution in [0.4, 0.5) is 38.7 Å². The Bertz CT molecular complexity index is 4370. The molecule has 0 saturated carbocycles. The zero-order valence-electron chi connectivity index (χ0n) is 40.7. The van der Waals surface area contributed by atoms with E-state index in [-0.39, 0.29) is 156 Å². The Morgan fingerprint density at radius 2 is 1.12 bits per heavy atom. The van der Waals surface area contributed by atoms with Crippen LogP contribution >= 0.6 is 11.3 Å². The molecule has 2 N–H and O–H groups in total. The molecule has 77 heavy (non-hydrogen) atoms. The van der Waals surface area contributed by atoms with E-state index in [1.807, 2.05) is 12.1 Å². The number of nitrogens with zero attached hydrogens (tertiary/aromatic N) is 7. The molecule has 35 heteroatoms. The van der Waals surface area contributed by atoms with E-state index in [0.29, 0.717) is 17.7 Å². The fourth-order valence-corrected chi connectivity index (χ4v) is 10.6. The minimum absolute atomic E-state index is 0. The summed E-state index contributed by atoms with van der Waals surface area (Å²) in [6.07, 6.45) is 0. The summed E-state index contributed by atoms with van der Waals surface area (Å²) < 4.78 is 180. The largest absolute Gasteiger partial charge is 1.00 e. The monoisotopic (exact) mass is 1120 g/mol. The summed E-state index contributed by atoms with van der Waals surface area (Å²) in [4.78, 5) is 7.03. The van der Waals surface area contributed by atoms with Crippen molar-refractivity contribution in [3.8, 4) is 17.3 Å². The van der Waals surface area contributed by atoms with Gasteiger partial charge in [0, 0.05) is 27.6 Å². The van der Waals surface area contributed by atoms with E-state index >= 15 is 0 Å². The average molecular weight is 1120 g/mol. The molecule has 0 fully saturated rings. The van der Waals surface area contributed by atoms with Crippen LogP contribution in [0.25, 0.3) is 32.8 Å². The maximum Gasteiger partial charge on any atom is 1.00 e. The molecule has 0 unspecified atom stereocenters. The van der Waals surface area contributed by atoms with Crippen molar-refractivity contribution in [3.63, 3.8) is 0 Å². The number of benzene rings is 6. The van der Waals surface area contributed by atoms with Crippen molar-refractivity contribution in [2.75, 3.05) is 5.32 Å². The maximum absolute atomic E-state index is 12.5. The molecule has 0 saturated heterocycles. The maximum atomic E-state index is 12.5. The van der Waals surface area contributed by atoms with E-state index in [4.69, 9.17) is 0 Å². The smallest absolute Gasteiger partial charge is 0.744 e. The van der Waals surface area contributed by atoms with Crippen LogP contribution in [0.15, 0.2) is 165 Å². The van der Waals surface area contributed by atoms with Crippen molar-refractivity contribution < 1.29 is 159 Å². The van der Waals surface area contributed by atoms with E-state index < -0.39 is 91.5 Å². The van der Waals surface area contributed by atoms with Crippen LogP contribution in [0.1, 0.15) is 11.1 Å². The number of rotatable bonds is 13. The van der Waals surface area contributed by atoms with E-state index in [1.54, 1.807) is 36.4 Å². The van der Waals surface area contributed by atoms with Crippen molar-refractivity contribution in [1.82, 2.24) is 9.97 Å². The number of aromatic amines is 1. The van der Waals surface area contributed by atoms with Gasteiger partial charge in [0.25, 0.3) is 0 Å². The molecular formula is C42H24Li5N9O15S6. The van der Waals surface area contributed by atoms with Gasteiger partial charge in [0.1, 0.15) is 73.9 Å². The molecule has 0 bridgehead atoms. The van der Waals surface area contributed by atoms with E-state index in [0.717, 1.165) is 52.4 Å². The number of thiazole rings is 1. The number of hydrogen-bond acceptors (Lipinski definition) is 24. The van der Waals surface area contributed by atoms with Gasteiger partial charge in [-0.3, -0.25) is 0 Å². The number of nitriles is 1. The molecule has 368 valence electrons. The van der Waals surface area contributed by atoms with Crippen molar-refractivity contribution in [2.24, 2.45) is 25.4 Å². The van der Waals surface area contributed by atoms with Crippen LogP contribution in [0.2, 0.25) is 0 Å². The van der Waals surface area contributed by atoms with Crippen molar-refractivity contribution in [2.45, 2.75) is 31.4 Å². The third-order valence-corrected chi connectivity index (χ3v) is 15.3. The summed E-state index contributed by atoms with van der Waals surface area (Å²) in [5.74, 6) is -0.0165. The molecule has 8 rings (SSSR count). The minimum Gasteiger partial charge on any atom is -0.744 e. The first-order valence-electron chi connectivity index (χ1n) is 19.6. The summed E-state index contributed by atoms with van der Waals surface area (Å²) in [5.41, 5.74) is 0.0745. The molecule has 0 spiro atoms. The second-order valence-corrected chi connectivity index (χ2v) is 22.7. The first kappa shape index (κ1) is 66.7. The Labute approximate surface area is 502 Å². The van der Waals surface area contributed by atoms with Crippen LogP contribution in [0, 0.1) is 18.3 Å². The summed E-state index contributed by atoms with van der Waals surface area (Å²) >= 11 is 0.732. The van der Waals surface area contributed by atoms with Gasteiger partial charge in [-0.2, -0.15) is 5.26 Å². The molecule has 0 aliphatic rings. The minimum atomic E-state index is -5.65. The number of fused-ring (bicyclic) bond motifs is 2. The number of anilines is 2. The van der Waals surface area contributed by atoms with Crippen LogP contribution in [0.5, 0.6) is 0 Å². The third kappa shape index (κ3) is 15.4. The Hall–Kier alpha value is -4.55. The predicted molar refractivity (Wildman–Crippen MR) is 249 cm³/mol. The number of nitrogens with one attached hydrogen (secondary N) is 2. The standard InChI is InChI=1S/C42H29N9O15S6.5Li/c1-22-34(21-43)39(44-26-8-12-29(13-9-26)68(52,53)54)47-40(45-27-10-14-30(15-11-27)69(55,56)57)37(22)49-51-42-46-38(25-7-6-23-4-2-3-5-24(23)16-25)41(67-42)50-48-28-17-32-33(35(18-28)71(61,62)63)19-31(70(58,59)60)20-36(32)72(64,65)66;;;;;/h2-20H,1H3,(H2,44,45,47)(H,52,53,54)(H,55,56,57)(H,58,59,60)(H,61,62,63)(H,64,65,66);;;;;/q;5*+1/p-5. The molecule has 24 nitrogen and oxygen atoms in total. The fourth-order valence-electron chi connectivity index (χ4n) is 6.93. The second-order valence-electron chi connectivity index (χ2n) is 14.9. The van der Waals surface area contributed by atoms with Crippen LogP contribution in [-0.4, -0.2) is 74.8 Å². The van der Waals surface area contributed by atoms with Gasteiger partial charge in [-0.1, -0.05) is 47.7 Å². The number of hydrogen-bond donors (Lipinski definition) is 2. The molecule has 0 atom stereocenters. The molecule has 0 aliphatic carbocycles. The zero-order chi connectivity index (χ0) is 52.1. The van der Waals surface area contributed by atoms with Crippen LogP contribution < -0.4 is 105 Å². The first-order valence-corrected chi connectivity index (χ1v) is 27.5. The first-order chi connectivity index (χ1) is 33.7. The van der Waals surface area contributed by atoms with Gasteiger partial charge in [-0.05, 0) is 96.6 Å². The fraction of sp³-hybridized carbons (Fsp3) is 0.0238. The molecule has 6 aromatic carbocycles. The summed E-state index contributed by atoms with van der Waals surface area (Å²) in [6.45, 7) is 1.47. The molecule has 0 radical (unpaired) electrons. The van der Waals surface area contributed by atoms with Crippen molar-refractivity contribution in [3.05, 3.63) is 132 Å². The number of aromatic nitrogens is 2. The van der Waals surface area contributed by atoms with Gasteiger partial charge in [0.15, 0.2) is 10.5 Å². The summed E-state index contributed by atoms with van der Waals surface area (Å²) in [7, 11) is -26.4. The van der Waals surface area contributed by atoms with Gasteiger partial charge in [0.05, 0.1) is 41.4 Å². The second kappa shape index (κ2) is 25.7. The predicted octanol–water partition coefficient (Wildman–Crippen LogP) is -8.03. The van der Waals surface area contributed by atoms with Gasteiger partial charge >= 0.3 is 94.3 Å². The molecular weight excluding hydrogens is 1100 g/mol. The number of pyridine rings is 1.